The van der Waals surface area contributed by atoms with Crippen molar-refractivity contribution in [1.82, 2.24) is 5.32 Å². The lowest BCUT2D eigenvalue weighted by atomic mass is 9.75. The molecule has 88 valence electrons. The molecule has 2 unspecified atom stereocenters. The van der Waals surface area contributed by atoms with Crippen LogP contribution in [0, 0.1) is 5.92 Å². The minimum absolute atomic E-state index is 0.468. The third kappa shape index (κ3) is 2.38. The van der Waals surface area contributed by atoms with Crippen molar-refractivity contribution in [3.63, 3.8) is 0 Å². The summed E-state index contributed by atoms with van der Waals surface area (Å²) < 4.78 is 0. The monoisotopic (exact) mass is 219 g/mol. The summed E-state index contributed by atoms with van der Waals surface area (Å²) in [6, 6.07) is 7.81. The Morgan fingerprint density at radius 2 is 2.00 bits per heavy atom. The Morgan fingerprint density at radius 1 is 1.25 bits per heavy atom. The van der Waals surface area contributed by atoms with Crippen LogP contribution in [0.5, 0.6) is 5.75 Å². The number of hydrogen-bond acceptors (Lipinski definition) is 2. The summed E-state index contributed by atoms with van der Waals surface area (Å²) in [6.45, 7) is 1.05. The lowest BCUT2D eigenvalue weighted by molar-refractivity contribution is 0.295. The first-order valence-electron chi connectivity index (χ1n) is 6.25. The Kier molecular flexibility index (Phi) is 3.83. The maximum absolute atomic E-state index is 9.93. The first kappa shape index (κ1) is 11.5. The number of phenolic OH excluding ortho intramolecular Hbond substituents is 1. The number of benzene rings is 1. The molecule has 16 heavy (non-hydrogen) atoms. The van der Waals surface area contributed by atoms with Crippen molar-refractivity contribution in [3.05, 3.63) is 29.8 Å². The highest BCUT2D eigenvalue weighted by Gasteiger charge is 2.27. The van der Waals surface area contributed by atoms with Crippen LogP contribution in [0.1, 0.15) is 37.2 Å². The van der Waals surface area contributed by atoms with Crippen molar-refractivity contribution in [3.8, 4) is 5.75 Å². The van der Waals surface area contributed by atoms with Crippen molar-refractivity contribution < 1.29 is 5.11 Å². The van der Waals surface area contributed by atoms with Crippen molar-refractivity contribution >= 4 is 0 Å². The molecule has 1 fully saturated rings. The lowest BCUT2D eigenvalue weighted by Gasteiger charge is -2.32. The zero-order valence-electron chi connectivity index (χ0n) is 9.95. The quantitative estimate of drug-likeness (QED) is 0.819. The molecule has 0 aliphatic heterocycles. The van der Waals surface area contributed by atoms with Gasteiger partial charge in [-0.05, 0) is 49.9 Å². The molecule has 1 aliphatic rings. The van der Waals surface area contributed by atoms with Crippen LogP contribution in [0.25, 0.3) is 0 Å². The molecule has 0 heterocycles. The van der Waals surface area contributed by atoms with Gasteiger partial charge in [-0.1, -0.05) is 31.0 Å². The van der Waals surface area contributed by atoms with Gasteiger partial charge >= 0.3 is 0 Å². The zero-order chi connectivity index (χ0) is 11.4. The molecular weight excluding hydrogens is 198 g/mol. The molecule has 2 atom stereocenters. The van der Waals surface area contributed by atoms with Gasteiger partial charge in [0.25, 0.3) is 0 Å². The predicted molar refractivity (Wildman–Crippen MR) is 66.7 cm³/mol. The number of phenols is 1. The molecule has 2 nitrogen and oxygen atoms in total. The lowest BCUT2D eigenvalue weighted by Crippen LogP contribution is -2.27. The summed E-state index contributed by atoms with van der Waals surface area (Å²) in [5.41, 5.74) is 1.14. The number of aromatic hydroxyl groups is 1. The standard InChI is InChI=1S/C14H21NO/c1-15-10-11-6-2-3-7-12(11)13-8-4-5-9-14(13)16/h4-5,8-9,11-12,15-16H,2-3,6-7,10H2,1H3. The molecule has 1 saturated carbocycles. The van der Waals surface area contributed by atoms with Gasteiger partial charge in [0.15, 0.2) is 0 Å². The second kappa shape index (κ2) is 5.35. The number of hydrogen-bond donors (Lipinski definition) is 2. The highest BCUT2D eigenvalue weighted by Crippen LogP contribution is 2.40. The highest BCUT2D eigenvalue weighted by atomic mass is 16.3. The van der Waals surface area contributed by atoms with Crippen LogP contribution in [-0.4, -0.2) is 18.7 Å². The molecule has 0 radical (unpaired) electrons. The molecule has 2 N–H and O–H groups in total. The largest absolute Gasteiger partial charge is 0.508 e. The molecule has 0 saturated heterocycles. The SMILES string of the molecule is CNCC1CCCCC1c1ccccc1O. The van der Waals surface area contributed by atoms with Gasteiger partial charge in [-0.25, -0.2) is 0 Å². The van der Waals surface area contributed by atoms with Crippen LogP contribution >= 0.6 is 0 Å². The molecular formula is C14H21NO. The third-order valence-corrected chi connectivity index (χ3v) is 3.71. The van der Waals surface area contributed by atoms with E-state index >= 15 is 0 Å². The van der Waals surface area contributed by atoms with E-state index in [0.717, 1.165) is 12.1 Å². The van der Waals surface area contributed by atoms with Crippen molar-refractivity contribution in [2.24, 2.45) is 5.92 Å². The van der Waals surface area contributed by atoms with E-state index in [9.17, 15) is 5.11 Å². The molecule has 1 aromatic carbocycles. The summed E-state index contributed by atoms with van der Waals surface area (Å²) in [5, 5.41) is 13.2. The smallest absolute Gasteiger partial charge is 0.119 e. The predicted octanol–water partition coefficient (Wildman–Crippen LogP) is 2.89. The van der Waals surface area contributed by atoms with Crippen molar-refractivity contribution in [2.45, 2.75) is 31.6 Å². The maximum atomic E-state index is 9.93. The van der Waals surface area contributed by atoms with Gasteiger partial charge < -0.3 is 10.4 Å². The normalized spacial score (nSPS) is 25.6. The Hall–Kier alpha value is -1.02. The summed E-state index contributed by atoms with van der Waals surface area (Å²) in [4.78, 5) is 0. The second-order valence-electron chi connectivity index (χ2n) is 4.77. The van der Waals surface area contributed by atoms with Gasteiger partial charge in [-0.2, -0.15) is 0 Å². The van der Waals surface area contributed by atoms with E-state index in [2.05, 4.69) is 11.4 Å². The fraction of sp³-hybridized carbons (Fsp3) is 0.571. The molecule has 1 aliphatic carbocycles. The van der Waals surface area contributed by atoms with E-state index in [1.807, 2.05) is 19.2 Å². The molecule has 1 aromatic rings. The van der Waals surface area contributed by atoms with Gasteiger partial charge in [0, 0.05) is 0 Å². The van der Waals surface area contributed by atoms with Gasteiger partial charge in [0.2, 0.25) is 0 Å². The Balaban J connectivity index is 2.19. The fourth-order valence-corrected chi connectivity index (χ4v) is 2.92. The van der Waals surface area contributed by atoms with E-state index in [-0.39, 0.29) is 0 Å². The molecule has 0 spiro atoms. The van der Waals surface area contributed by atoms with Crippen LogP contribution in [0.3, 0.4) is 0 Å². The van der Waals surface area contributed by atoms with E-state index < -0.39 is 0 Å². The first-order chi connectivity index (χ1) is 7.83. The summed E-state index contributed by atoms with van der Waals surface area (Å²) in [7, 11) is 2.01. The highest BCUT2D eigenvalue weighted by molar-refractivity contribution is 5.35. The first-order valence-corrected chi connectivity index (χ1v) is 6.25. The minimum Gasteiger partial charge on any atom is -0.508 e. The molecule has 0 amide bonds. The van der Waals surface area contributed by atoms with E-state index in [4.69, 9.17) is 0 Å². The van der Waals surface area contributed by atoms with Crippen LogP contribution in [-0.2, 0) is 0 Å². The molecule has 0 aromatic heterocycles. The molecule has 2 rings (SSSR count). The number of nitrogens with one attached hydrogen (secondary N) is 1. The Bertz CT molecular complexity index is 335. The summed E-state index contributed by atoms with van der Waals surface area (Å²) >= 11 is 0. The number of para-hydroxylation sites is 1. The topological polar surface area (TPSA) is 32.3 Å². The third-order valence-electron chi connectivity index (χ3n) is 3.71. The van der Waals surface area contributed by atoms with Crippen LogP contribution in [0.15, 0.2) is 24.3 Å². The van der Waals surface area contributed by atoms with Crippen molar-refractivity contribution in [1.29, 1.82) is 0 Å². The Labute approximate surface area is 97.7 Å². The number of rotatable bonds is 3. The Morgan fingerprint density at radius 3 is 2.75 bits per heavy atom. The molecule has 0 bridgehead atoms. The minimum atomic E-state index is 0.468. The van der Waals surface area contributed by atoms with E-state index in [1.165, 1.54) is 25.7 Å². The van der Waals surface area contributed by atoms with Crippen molar-refractivity contribution in [2.75, 3.05) is 13.6 Å². The van der Waals surface area contributed by atoms with Gasteiger partial charge in [0.05, 0.1) is 0 Å². The fourth-order valence-electron chi connectivity index (χ4n) is 2.92. The summed E-state index contributed by atoms with van der Waals surface area (Å²) in [6.07, 6.45) is 5.11. The second-order valence-corrected chi connectivity index (χ2v) is 4.77. The molecule has 2 heteroatoms. The van der Waals surface area contributed by atoms with E-state index in [0.29, 0.717) is 17.6 Å². The average Bonchev–Trinajstić information content (AvgIpc) is 2.31. The maximum Gasteiger partial charge on any atom is 0.119 e. The van der Waals surface area contributed by atoms with Gasteiger partial charge in [0.1, 0.15) is 5.75 Å². The van der Waals surface area contributed by atoms with E-state index in [1.54, 1.807) is 6.07 Å². The average molecular weight is 219 g/mol. The van der Waals surface area contributed by atoms with Crippen LogP contribution in [0.2, 0.25) is 0 Å². The van der Waals surface area contributed by atoms with Gasteiger partial charge in [-0.15, -0.1) is 0 Å². The summed E-state index contributed by atoms with van der Waals surface area (Å²) in [5.74, 6) is 1.67. The van der Waals surface area contributed by atoms with Crippen LogP contribution in [0.4, 0.5) is 0 Å². The zero-order valence-corrected chi connectivity index (χ0v) is 9.95. The van der Waals surface area contributed by atoms with Crippen LogP contribution < -0.4 is 5.32 Å². The van der Waals surface area contributed by atoms with Gasteiger partial charge in [-0.3, -0.25) is 0 Å².